The molecule has 1 aromatic rings. The van der Waals surface area contributed by atoms with E-state index in [1.165, 1.54) is 11.0 Å². The molecule has 0 saturated heterocycles. The highest BCUT2D eigenvalue weighted by atomic mass is 16.5. The summed E-state index contributed by atoms with van der Waals surface area (Å²) in [6, 6.07) is -0.135. The standard InChI is InChI=1S/C6H8N4O/c1-3-5(2)8-10-4-6(7)11-9-10/h1,4-5,7H,2H3,(H,8,9). The Kier molecular flexibility index (Phi) is 1.97. The number of hydrogen-bond donors (Lipinski definition) is 1. The molecule has 1 unspecified atom stereocenters. The third-order valence-electron chi connectivity index (χ3n) is 1.04. The second-order valence-corrected chi connectivity index (χ2v) is 2.03. The average molecular weight is 152 g/mol. The Balaban J connectivity index is 2.59. The molecule has 5 heteroatoms. The molecule has 0 radical (unpaired) electrons. The summed E-state index contributed by atoms with van der Waals surface area (Å²) in [4.78, 5) is 1.27. The van der Waals surface area contributed by atoms with Crippen molar-refractivity contribution < 1.29 is 9.31 Å². The van der Waals surface area contributed by atoms with Gasteiger partial charge in [0.05, 0.1) is 4.79 Å². The lowest BCUT2D eigenvalue weighted by molar-refractivity contribution is -0.721. The van der Waals surface area contributed by atoms with Crippen LogP contribution in [0.1, 0.15) is 6.92 Å². The van der Waals surface area contributed by atoms with Crippen LogP contribution in [0, 0.1) is 12.3 Å². The zero-order chi connectivity index (χ0) is 8.27. The molecule has 1 rings (SSSR count). The summed E-state index contributed by atoms with van der Waals surface area (Å²) in [5.41, 5.74) is 9.74. The maximum absolute atomic E-state index is 6.98. The van der Waals surface area contributed by atoms with Crippen molar-refractivity contribution in [3.8, 4) is 12.3 Å². The first-order valence-corrected chi connectivity index (χ1v) is 3.05. The van der Waals surface area contributed by atoms with E-state index in [0.29, 0.717) is 0 Å². The lowest BCUT2D eigenvalue weighted by atomic mass is 10.4. The van der Waals surface area contributed by atoms with E-state index in [1.807, 2.05) is 0 Å². The first kappa shape index (κ1) is 7.41. The SMILES string of the molecule is C#CC(C)N[n+]1cc([NH-])on1. The maximum Gasteiger partial charge on any atom is 0.256 e. The zero-order valence-corrected chi connectivity index (χ0v) is 6.03. The second-order valence-electron chi connectivity index (χ2n) is 2.03. The lowest BCUT2D eigenvalue weighted by Crippen LogP contribution is -2.49. The first-order valence-electron chi connectivity index (χ1n) is 3.05. The van der Waals surface area contributed by atoms with Crippen molar-refractivity contribution in [3.63, 3.8) is 0 Å². The van der Waals surface area contributed by atoms with Crippen LogP contribution in [0.15, 0.2) is 10.7 Å². The zero-order valence-electron chi connectivity index (χ0n) is 6.03. The van der Waals surface area contributed by atoms with Crippen LogP contribution in [0.2, 0.25) is 0 Å². The quantitative estimate of drug-likeness (QED) is 0.486. The number of nitrogens with zero attached hydrogens (tertiary/aromatic N) is 2. The van der Waals surface area contributed by atoms with Gasteiger partial charge in [0.25, 0.3) is 6.20 Å². The van der Waals surface area contributed by atoms with E-state index in [4.69, 9.17) is 12.2 Å². The van der Waals surface area contributed by atoms with Crippen LogP contribution in [-0.2, 0) is 0 Å². The minimum Gasteiger partial charge on any atom is -0.660 e. The molecule has 2 N–H and O–H groups in total. The van der Waals surface area contributed by atoms with Gasteiger partial charge in [-0.15, -0.1) is 6.42 Å². The Morgan fingerprint density at radius 2 is 2.73 bits per heavy atom. The van der Waals surface area contributed by atoms with E-state index >= 15 is 0 Å². The summed E-state index contributed by atoms with van der Waals surface area (Å²) in [6.45, 7) is 1.80. The van der Waals surface area contributed by atoms with Crippen molar-refractivity contribution >= 4 is 5.88 Å². The van der Waals surface area contributed by atoms with E-state index in [1.54, 1.807) is 6.92 Å². The summed E-state index contributed by atoms with van der Waals surface area (Å²) < 4.78 is 4.46. The molecule has 0 saturated carbocycles. The van der Waals surface area contributed by atoms with Crippen molar-refractivity contribution in [2.45, 2.75) is 13.0 Å². The molecule has 0 aliphatic rings. The van der Waals surface area contributed by atoms with Crippen LogP contribution in [0.4, 0.5) is 5.88 Å². The third kappa shape index (κ3) is 1.86. The monoisotopic (exact) mass is 152 g/mol. The molecule has 0 aromatic carbocycles. The second kappa shape index (κ2) is 2.92. The summed E-state index contributed by atoms with van der Waals surface area (Å²) in [7, 11) is 0. The Hall–Kier alpha value is -1.70. The fraction of sp³-hybridized carbons (Fsp3) is 0.333. The fourth-order valence-corrected chi connectivity index (χ4v) is 0.543. The largest absolute Gasteiger partial charge is 0.660 e. The predicted molar refractivity (Wildman–Crippen MR) is 38.3 cm³/mol. The first-order chi connectivity index (χ1) is 5.22. The summed E-state index contributed by atoms with van der Waals surface area (Å²) >= 11 is 0. The van der Waals surface area contributed by atoms with E-state index in [9.17, 15) is 0 Å². The Bertz CT molecular complexity index is 274. The van der Waals surface area contributed by atoms with Crippen LogP contribution in [-0.4, -0.2) is 11.3 Å². The summed E-state index contributed by atoms with van der Waals surface area (Å²) in [5, 5.41) is 3.45. The molecule has 0 spiro atoms. The predicted octanol–water partition coefficient (Wildman–Crippen LogP) is 0.211. The van der Waals surface area contributed by atoms with Crippen LogP contribution >= 0.6 is 0 Å². The molecule has 0 bridgehead atoms. The molecule has 1 heterocycles. The lowest BCUT2D eigenvalue weighted by Gasteiger charge is -1.94. The number of aromatic nitrogens is 2. The smallest absolute Gasteiger partial charge is 0.256 e. The molecule has 0 aliphatic carbocycles. The normalized spacial score (nSPS) is 12.0. The molecule has 5 nitrogen and oxygen atoms in total. The van der Waals surface area contributed by atoms with Crippen LogP contribution in [0.25, 0.3) is 5.73 Å². The fourth-order valence-electron chi connectivity index (χ4n) is 0.543. The highest BCUT2D eigenvalue weighted by molar-refractivity contribution is 5.19. The van der Waals surface area contributed by atoms with E-state index in [2.05, 4.69) is 21.1 Å². The number of rotatable bonds is 2. The molecule has 11 heavy (non-hydrogen) atoms. The number of hydrogen-bond acceptors (Lipinski definition) is 3. The van der Waals surface area contributed by atoms with E-state index in [-0.39, 0.29) is 11.9 Å². The maximum atomic E-state index is 6.98. The Labute approximate surface area is 64.1 Å². The van der Waals surface area contributed by atoms with Crippen molar-refractivity contribution in [1.82, 2.24) is 5.27 Å². The van der Waals surface area contributed by atoms with Crippen molar-refractivity contribution in [2.75, 3.05) is 5.43 Å². The molecule has 0 aliphatic heterocycles. The van der Waals surface area contributed by atoms with Gasteiger partial charge in [-0.1, -0.05) is 5.92 Å². The minimum absolute atomic E-state index is 0.0123. The highest BCUT2D eigenvalue weighted by Crippen LogP contribution is 2.00. The molecule has 1 aromatic heterocycles. The van der Waals surface area contributed by atoms with Crippen molar-refractivity contribution in [2.24, 2.45) is 0 Å². The topological polar surface area (TPSA) is 65.7 Å². The van der Waals surface area contributed by atoms with E-state index in [0.717, 1.165) is 0 Å². The van der Waals surface area contributed by atoms with Crippen LogP contribution in [0.3, 0.4) is 0 Å². The molecular weight excluding hydrogens is 144 g/mol. The van der Waals surface area contributed by atoms with Gasteiger partial charge in [0.15, 0.2) is 0 Å². The highest BCUT2D eigenvalue weighted by Gasteiger charge is 2.06. The molecule has 0 fully saturated rings. The van der Waals surface area contributed by atoms with Crippen molar-refractivity contribution in [1.29, 1.82) is 0 Å². The average Bonchev–Trinajstić information content (AvgIpc) is 2.35. The molecule has 0 amide bonds. The van der Waals surface area contributed by atoms with Gasteiger partial charge >= 0.3 is 0 Å². The molecule has 1 atom stereocenters. The van der Waals surface area contributed by atoms with Gasteiger partial charge in [-0.2, -0.15) is 5.43 Å². The van der Waals surface area contributed by atoms with Gasteiger partial charge in [-0.05, 0) is 6.92 Å². The molecule has 58 valence electrons. The van der Waals surface area contributed by atoms with Gasteiger partial charge in [-0.3, -0.25) is 0 Å². The van der Waals surface area contributed by atoms with Gasteiger partial charge in [0.1, 0.15) is 11.9 Å². The van der Waals surface area contributed by atoms with Gasteiger partial charge < -0.3 is 10.3 Å². The van der Waals surface area contributed by atoms with E-state index < -0.39 is 0 Å². The Morgan fingerprint density at radius 1 is 2.00 bits per heavy atom. The van der Waals surface area contributed by atoms with Gasteiger partial charge in [-0.25, -0.2) is 0 Å². The van der Waals surface area contributed by atoms with Gasteiger partial charge in [0.2, 0.25) is 5.27 Å². The van der Waals surface area contributed by atoms with Crippen LogP contribution in [0.5, 0.6) is 0 Å². The van der Waals surface area contributed by atoms with Gasteiger partial charge in [0, 0.05) is 0 Å². The minimum atomic E-state index is -0.135. The third-order valence-corrected chi connectivity index (χ3v) is 1.04. The summed E-state index contributed by atoms with van der Waals surface area (Å²) in [6.07, 6.45) is 6.48. The molecular formula is C6H8N4O. The number of nitrogens with one attached hydrogen (secondary N) is 2. The summed E-state index contributed by atoms with van der Waals surface area (Å²) in [5.74, 6) is 2.44. The van der Waals surface area contributed by atoms with Crippen LogP contribution < -0.4 is 10.2 Å². The Morgan fingerprint density at radius 3 is 3.18 bits per heavy atom. The number of terminal acetylenes is 1. The van der Waals surface area contributed by atoms with Crippen molar-refractivity contribution in [3.05, 3.63) is 11.9 Å².